The van der Waals surface area contributed by atoms with Gasteiger partial charge in [0.15, 0.2) is 5.65 Å². The molecule has 1 fully saturated rings. The van der Waals surface area contributed by atoms with Crippen molar-refractivity contribution in [1.29, 1.82) is 0 Å². The second-order valence-electron chi connectivity index (χ2n) is 5.57. The third kappa shape index (κ3) is 2.54. The third-order valence-corrected chi connectivity index (χ3v) is 3.79. The highest BCUT2D eigenvalue weighted by atomic mass is 16.4. The molecule has 3 rings (SSSR count). The Labute approximate surface area is 127 Å². The van der Waals surface area contributed by atoms with Crippen LogP contribution in [0.5, 0.6) is 0 Å². The summed E-state index contributed by atoms with van der Waals surface area (Å²) in [7, 11) is 0. The molecular formula is C15H18N4O3. The molecule has 0 atom stereocenters. The van der Waals surface area contributed by atoms with Crippen molar-refractivity contribution in [2.75, 3.05) is 6.54 Å². The molecular weight excluding hydrogens is 284 g/mol. The van der Waals surface area contributed by atoms with Gasteiger partial charge in [-0.1, -0.05) is 0 Å². The minimum Gasteiger partial charge on any atom is -0.478 e. The fraction of sp³-hybridized carbons (Fsp3) is 0.467. The molecule has 0 spiro atoms. The predicted molar refractivity (Wildman–Crippen MR) is 79.9 cm³/mol. The number of aromatic nitrogens is 3. The molecule has 1 amide bonds. The number of carboxylic acid groups (broad SMARTS) is 1. The van der Waals surface area contributed by atoms with E-state index in [2.05, 4.69) is 15.4 Å². The summed E-state index contributed by atoms with van der Waals surface area (Å²) in [5.74, 6) is -0.826. The molecule has 2 aromatic rings. The first-order chi connectivity index (χ1) is 10.5. The summed E-state index contributed by atoms with van der Waals surface area (Å²) in [5, 5.41) is 17.0. The summed E-state index contributed by atoms with van der Waals surface area (Å²) in [5.41, 5.74) is 2.05. The van der Waals surface area contributed by atoms with E-state index >= 15 is 0 Å². The molecule has 1 aliphatic carbocycles. The maximum atomic E-state index is 11.8. The molecule has 0 bridgehead atoms. The van der Waals surface area contributed by atoms with E-state index in [-0.39, 0.29) is 18.0 Å². The lowest BCUT2D eigenvalue weighted by Gasteiger charge is -2.06. The van der Waals surface area contributed by atoms with Crippen LogP contribution in [0.3, 0.4) is 0 Å². The van der Waals surface area contributed by atoms with Crippen LogP contribution < -0.4 is 5.32 Å². The Morgan fingerprint density at radius 3 is 2.77 bits per heavy atom. The maximum Gasteiger partial charge on any atom is 0.336 e. The first kappa shape index (κ1) is 14.5. The zero-order valence-corrected chi connectivity index (χ0v) is 12.6. The van der Waals surface area contributed by atoms with Crippen molar-refractivity contribution in [3.05, 3.63) is 23.0 Å². The number of aromatic carboxylic acids is 1. The molecule has 0 unspecified atom stereocenters. The van der Waals surface area contributed by atoms with E-state index in [1.165, 1.54) is 4.68 Å². The fourth-order valence-electron chi connectivity index (χ4n) is 2.63. The first-order valence-corrected chi connectivity index (χ1v) is 7.39. The molecule has 2 N–H and O–H groups in total. The lowest BCUT2D eigenvalue weighted by atomic mass is 10.1. The smallest absolute Gasteiger partial charge is 0.336 e. The molecule has 0 aliphatic heterocycles. The molecule has 1 saturated carbocycles. The number of carbonyl (C=O) groups excluding carboxylic acids is 1. The zero-order valence-electron chi connectivity index (χ0n) is 12.6. The minimum absolute atomic E-state index is 0.0400. The zero-order chi connectivity index (χ0) is 15.9. The van der Waals surface area contributed by atoms with Crippen molar-refractivity contribution in [3.63, 3.8) is 0 Å². The van der Waals surface area contributed by atoms with Gasteiger partial charge in [-0.25, -0.2) is 14.5 Å². The van der Waals surface area contributed by atoms with Crippen LogP contribution in [0.15, 0.2) is 6.07 Å². The van der Waals surface area contributed by atoms with E-state index in [4.69, 9.17) is 0 Å². The monoisotopic (exact) mass is 302 g/mol. The quantitative estimate of drug-likeness (QED) is 0.871. The molecule has 2 aromatic heterocycles. The predicted octanol–water partition coefficient (Wildman–Crippen LogP) is 1.45. The van der Waals surface area contributed by atoms with Gasteiger partial charge in [-0.05, 0) is 32.8 Å². The number of pyridine rings is 1. The summed E-state index contributed by atoms with van der Waals surface area (Å²) < 4.78 is 1.49. The van der Waals surface area contributed by atoms with Crippen LogP contribution in [0, 0.1) is 6.92 Å². The van der Waals surface area contributed by atoms with Gasteiger partial charge in [0.1, 0.15) is 6.54 Å². The first-order valence-electron chi connectivity index (χ1n) is 7.39. The highest BCUT2D eigenvalue weighted by molar-refractivity contribution is 6.03. The number of aryl methyl sites for hydroxylation is 1. The molecule has 22 heavy (non-hydrogen) atoms. The third-order valence-electron chi connectivity index (χ3n) is 3.79. The van der Waals surface area contributed by atoms with Crippen LogP contribution in [0.4, 0.5) is 0 Å². The standard InChI is InChI=1S/C15H18N4O3/c1-3-16-12(20)7-19-14-13(8(2)18-19)10(15(21)22)6-11(17-14)9-4-5-9/h6,9H,3-5,7H2,1-2H3,(H,16,20)(H,21,22). The van der Waals surface area contributed by atoms with Crippen molar-refractivity contribution in [2.24, 2.45) is 0 Å². The fourth-order valence-corrected chi connectivity index (χ4v) is 2.63. The number of likely N-dealkylation sites (N-methyl/N-ethyl adjacent to an activating group) is 1. The van der Waals surface area contributed by atoms with Crippen molar-refractivity contribution >= 4 is 22.9 Å². The average Bonchev–Trinajstić information content (AvgIpc) is 3.25. The molecule has 0 aromatic carbocycles. The van der Waals surface area contributed by atoms with Crippen LogP contribution >= 0.6 is 0 Å². The lowest BCUT2D eigenvalue weighted by Crippen LogP contribution is -2.27. The minimum atomic E-state index is -0.991. The number of carbonyl (C=O) groups is 2. The van der Waals surface area contributed by atoms with Gasteiger partial charge in [0, 0.05) is 18.2 Å². The SMILES string of the molecule is CCNC(=O)Cn1nc(C)c2c(C(=O)O)cc(C3CC3)nc21. The van der Waals surface area contributed by atoms with Gasteiger partial charge >= 0.3 is 5.97 Å². The highest BCUT2D eigenvalue weighted by Gasteiger charge is 2.28. The molecule has 2 heterocycles. The van der Waals surface area contributed by atoms with Crippen LogP contribution in [-0.4, -0.2) is 38.3 Å². The van der Waals surface area contributed by atoms with Gasteiger partial charge < -0.3 is 10.4 Å². The summed E-state index contributed by atoms with van der Waals surface area (Å²) in [6, 6.07) is 1.65. The molecule has 7 heteroatoms. The van der Waals surface area contributed by atoms with Crippen molar-refractivity contribution < 1.29 is 14.7 Å². The summed E-state index contributed by atoms with van der Waals surface area (Å²) in [4.78, 5) is 27.9. The van der Waals surface area contributed by atoms with Crippen LogP contribution in [-0.2, 0) is 11.3 Å². The Balaban J connectivity index is 2.13. The number of amides is 1. The van der Waals surface area contributed by atoms with Gasteiger partial charge in [-0.2, -0.15) is 5.10 Å². The van der Waals surface area contributed by atoms with Gasteiger partial charge in [-0.3, -0.25) is 4.79 Å². The van der Waals surface area contributed by atoms with E-state index in [1.807, 2.05) is 6.92 Å². The molecule has 1 aliphatic rings. The number of rotatable bonds is 5. The number of fused-ring (bicyclic) bond motifs is 1. The van der Waals surface area contributed by atoms with Crippen molar-refractivity contribution in [2.45, 2.75) is 39.2 Å². The van der Waals surface area contributed by atoms with Crippen molar-refractivity contribution in [1.82, 2.24) is 20.1 Å². The van der Waals surface area contributed by atoms with Gasteiger partial charge in [0.05, 0.1) is 16.6 Å². The summed E-state index contributed by atoms with van der Waals surface area (Å²) >= 11 is 0. The number of carboxylic acids is 1. The van der Waals surface area contributed by atoms with E-state index in [9.17, 15) is 14.7 Å². The van der Waals surface area contributed by atoms with Crippen molar-refractivity contribution in [3.8, 4) is 0 Å². The Morgan fingerprint density at radius 1 is 1.45 bits per heavy atom. The Morgan fingerprint density at radius 2 is 2.18 bits per heavy atom. The van der Waals surface area contributed by atoms with Gasteiger partial charge in [-0.15, -0.1) is 0 Å². The molecule has 0 radical (unpaired) electrons. The van der Waals surface area contributed by atoms with Crippen LogP contribution in [0.25, 0.3) is 11.0 Å². The molecule has 0 saturated heterocycles. The second-order valence-corrected chi connectivity index (χ2v) is 5.57. The number of nitrogens with zero attached hydrogens (tertiary/aromatic N) is 3. The van der Waals surface area contributed by atoms with E-state index in [0.717, 1.165) is 18.5 Å². The normalized spacial score (nSPS) is 14.3. The average molecular weight is 302 g/mol. The van der Waals surface area contributed by atoms with Crippen LogP contribution in [0.2, 0.25) is 0 Å². The van der Waals surface area contributed by atoms with Crippen LogP contribution in [0.1, 0.15) is 47.4 Å². The lowest BCUT2D eigenvalue weighted by molar-refractivity contribution is -0.121. The molecule has 7 nitrogen and oxygen atoms in total. The van der Waals surface area contributed by atoms with E-state index in [1.54, 1.807) is 13.0 Å². The van der Waals surface area contributed by atoms with Gasteiger partial charge in [0.2, 0.25) is 5.91 Å². The number of hydrogen-bond donors (Lipinski definition) is 2. The topological polar surface area (TPSA) is 97.1 Å². The van der Waals surface area contributed by atoms with Gasteiger partial charge in [0.25, 0.3) is 0 Å². The number of hydrogen-bond acceptors (Lipinski definition) is 4. The molecule has 116 valence electrons. The van der Waals surface area contributed by atoms with E-state index < -0.39 is 5.97 Å². The Bertz CT molecular complexity index is 762. The largest absolute Gasteiger partial charge is 0.478 e. The highest BCUT2D eigenvalue weighted by Crippen LogP contribution is 2.40. The number of nitrogens with one attached hydrogen (secondary N) is 1. The summed E-state index contributed by atoms with van der Waals surface area (Å²) in [6.07, 6.45) is 2.06. The Kier molecular flexibility index (Phi) is 3.56. The Hall–Kier alpha value is -2.44. The van der Waals surface area contributed by atoms with E-state index in [0.29, 0.717) is 29.2 Å². The second kappa shape index (κ2) is 5.40. The maximum absolute atomic E-state index is 11.8. The summed E-state index contributed by atoms with van der Waals surface area (Å²) in [6.45, 7) is 4.16.